The number of aromatic nitrogens is 4. The average Bonchev–Trinajstić information content (AvgIpc) is 1.58. The van der Waals surface area contributed by atoms with E-state index in [1.165, 1.54) is 29.7 Å². The molecular weight excluding hydrogens is 1450 g/mol. The predicted octanol–water partition coefficient (Wildman–Crippen LogP) is 5.08. The summed E-state index contributed by atoms with van der Waals surface area (Å²) in [5.74, 6) is -4.15. The van der Waals surface area contributed by atoms with Crippen molar-refractivity contribution in [2.75, 3.05) is 211 Å². The standard InChI is InChI=1S/C79H119N11O22/c1-12-58-52(2)62-50-66-59(14-16-69(94)111-48-47-110-36-33-103-30-25-91)53(3)61(85-66)49-63-54(4)60(72(86-63)71-73-70(55(5)64(87-73)51-65(58)84-62)76(97)90(77(71)98)22-21-89-23-28-102-29-24-89)13-15-68(93)88(11)20-18-80-74(95)56(6)83-75(96)57(7)82-67(92)17-26-100-31-34-104-37-39-106-41-43-108-45-46-109-44-42-107-40-38-105-35-32-101-27-19-81-78(99)112-79(8,9)10/h14,16,49-51,54,56-57,60,85,87,91H,12-13,15,17-48H2,1-11H3,(H,80,95)(H,81,99)(H,82,92)(H,83,96)/b16-14+,61-49?,62-50?,63-49?,64-51?,65-51?,66-50?,72-71?/t54-,56-,57-,60-/m0/s1. The summed E-state index contributed by atoms with van der Waals surface area (Å²) in [4.78, 5) is 131. The summed E-state index contributed by atoms with van der Waals surface area (Å²) in [6.07, 6.45) is 3.47. The number of hydrogen-bond donors (Lipinski definition) is 7. The van der Waals surface area contributed by atoms with Crippen molar-refractivity contribution in [1.82, 2.24) is 55.9 Å². The maximum atomic E-state index is 15.4. The van der Waals surface area contributed by atoms with E-state index in [0.717, 1.165) is 16.7 Å². The molecule has 622 valence electrons. The molecule has 7 rings (SSSR count). The summed E-state index contributed by atoms with van der Waals surface area (Å²) in [5, 5.41) is 19.6. The van der Waals surface area contributed by atoms with Crippen LogP contribution in [0.1, 0.15) is 153 Å². The van der Waals surface area contributed by atoms with Gasteiger partial charge in [0.15, 0.2) is 0 Å². The molecule has 112 heavy (non-hydrogen) atoms. The number of alkyl carbamates (subject to hydrolysis) is 1. The van der Waals surface area contributed by atoms with Gasteiger partial charge in [-0.15, -0.1) is 0 Å². The van der Waals surface area contributed by atoms with Crippen molar-refractivity contribution >= 4 is 86.8 Å². The third-order valence-electron chi connectivity index (χ3n) is 18.9. The van der Waals surface area contributed by atoms with Crippen molar-refractivity contribution in [2.45, 2.75) is 124 Å². The van der Waals surface area contributed by atoms with E-state index in [2.05, 4.69) is 43.1 Å². The second-order valence-electron chi connectivity index (χ2n) is 28.3. The molecule has 7 heterocycles. The van der Waals surface area contributed by atoms with Crippen molar-refractivity contribution in [3.8, 4) is 0 Å². The second-order valence-corrected chi connectivity index (χ2v) is 28.3. The van der Waals surface area contributed by atoms with Gasteiger partial charge in [0.25, 0.3) is 11.8 Å². The molecule has 1 fully saturated rings. The van der Waals surface area contributed by atoms with Gasteiger partial charge in [0.1, 0.15) is 24.3 Å². The average molecular weight is 1570 g/mol. The number of amides is 7. The molecule has 3 aromatic heterocycles. The number of nitrogens with zero attached hydrogens (tertiary/aromatic N) is 5. The highest BCUT2D eigenvalue weighted by atomic mass is 16.6. The zero-order chi connectivity index (χ0) is 81.0. The third-order valence-corrected chi connectivity index (χ3v) is 18.9. The normalized spacial score (nSPS) is 15.8. The number of carbonyl (C=O) groups is 8. The largest absolute Gasteiger partial charge is 0.460 e. The van der Waals surface area contributed by atoms with Gasteiger partial charge in [-0.05, 0) is 115 Å². The zero-order valence-electron chi connectivity index (χ0n) is 67.2. The number of likely N-dealkylation sites (N-methyl/N-ethyl adjacent to an activating group) is 1. The highest BCUT2D eigenvalue weighted by Gasteiger charge is 2.41. The summed E-state index contributed by atoms with van der Waals surface area (Å²) in [6, 6.07) is 3.85. The molecule has 0 saturated carbocycles. The molecule has 7 N–H and O–H groups in total. The Labute approximate surface area is 655 Å². The van der Waals surface area contributed by atoms with Crippen LogP contribution in [0, 0.1) is 13.8 Å². The molecule has 7 amide bonds. The molecule has 8 bridgehead atoms. The number of imide groups is 1. The zero-order valence-corrected chi connectivity index (χ0v) is 67.2. The maximum absolute atomic E-state index is 15.4. The Bertz CT molecular complexity index is 3810. The fourth-order valence-electron chi connectivity index (χ4n) is 12.6. The van der Waals surface area contributed by atoms with Gasteiger partial charge >= 0.3 is 12.1 Å². The number of nitrogens with one attached hydrogen (secondary N) is 6. The number of aliphatic hydroxyl groups is 1. The fourth-order valence-corrected chi connectivity index (χ4v) is 12.6. The first-order valence-electron chi connectivity index (χ1n) is 38.9. The van der Waals surface area contributed by atoms with Gasteiger partial charge in [0, 0.05) is 111 Å². The molecule has 0 unspecified atom stereocenters. The van der Waals surface area contributed by atoms with Crippen LogP contribution in [0.3, 0.4) is 0 Å². The molecule has 4 atom stereocenters. The summed E-state index contributed by atoms with van der Waals surface area (Å²) < 4.78 is 71.0. The minimum Gasteiger partial charge on any atom is -0.460 e. The molecule has 0 radical (unpaired) electrons. The third kappa shape index (κ3) is 29.3. The molecule has 4 aliphatic rings. The number of ether oxygens (including phenoxy) is 13. The number of rotatable bonds is 51. The van der Waals surface area contributed by atoms with E-state index in [9.17, 15) is 33.6 Å². The lowest BCUT2D eigenvalue weighted by atomic mass is 9.84. The van der Waals surface area contributed by atoms with Gasteiger partial charge in [0.2, 0.25) is 23.6 Å². The molecule has 0 aliphatic carbocycles. The Morgan fingerprint density at radius 2 is 1.19 bits per heavy atom. The molecular formula is C79H119N11O22. The molecule has 1 saturated heterocycles. The van der Waals surface area contributed by atoms with Gasteiger partial charge in [0.05, 0.1) is 186 Å². The monoisotopic (exact) mass is 1570 g/mol. The van der Waals surface area contributed by atoms with E-state index < -0.39 is 65.2 Å². The van der Waals surface area contributed by atoms with Crippen LogP contribution in [-0.2, 0) is 85.6 Å². The lowest BCUT2D eigenvalue weighted by Crippen LogP contribution is -2.52. The summed E-state index contributed by atoms with van der Waals surface area (Å²) in [5.41, 5.74) is 8.79. The summed E-state index contributed by atoms with van der Waals surface area (Å²) in [6.45, 7) is 28.4. The highest BCUT2D eigenvalue weighted by molar-refractivity contribution is 6.23. The van der Waals surface area contributed by atoms with Crippen LogP contribution in [0.15, 0.2) is 24.3 Å². The van der Waals surface area contributed by atoms with Gasteiger partial charge < -0.3 is 103 Å². The van der Waals surface area contributed by atoms with Crippen molar-refractivity contribution in [3.05, 3.63) is 74.9 Å². The molecule has 33 heteroatoms. The van der Waals surface area contributed by atoms with Crippen molar-refractivity contribution < 1.29 is 105 Å². The first-order valence-corrected chi connectivity index (χ1v) is 38.9. The van der Waals surface area contributed by atoms with Crippen LogP contribution in [0.4, 0.5) is 4.79 Å². The fraction of sp³-hybridized carbons (Fsp3) is 0.646. The number of hydrogen-bond acceptors (Lipinski definition) is 25. The number of H-pyrrole nitrogens is 2. The number of carbonyl (C=O) groups excluding carboxylic acids is 8. The van der Waals surface area contributed by atoms with E-state index in [4.69, 9.17) is 76.7 Å². The van der Waals surface area contributed by atoms with Crippen LogP contribution < -0.4 is 21.3 Å². The Morgan fingerprint density at radius 1 is 0.643 bits per heavy atom. The number of morpholine rings is 1. The van der Waals surface area contributed by atoms with Gasteiger partial charge in [-0.3, -0.25) is 43.6 Å². The number of esters is 1. The quantitative estimate of drug-likeness (QED) is 0.0168. The molecule has 4 aliphatic heterocycles. The van der Waals surface area contributed by atoms with Crippen LogP contribution >= 0.6 is 0 Å². The topological polar surface area (TPSA) is 392 Å². The smallest absolute Gasteiger partial charge is 0.407 e. The Morgan fingerprint density at radius 3 is 1.78 bits per heavy atom. The number of fused-ring (bicyclic) bond motifs is 8. The summed E-state index contributed by atoms with van der Waals surface area (Å²) >= 11 is 0. The molecule has 0 aromatic carbocycles. The number of aryl methyl sites for hydroxylation is 2. The number of aliphatic hydroxyl groups excluding tert-OH is 1. The van der Waals surface area contributed by atoms with Gasteiger partial charge in [-0.1, -0.05) is 13.8 Å². The van der Waals surface area contributed by atoms with Crippen LogP contribution in [0.25, 0.3) is 39.3 Å². The molecule has 33 nitrogen and oxygen atoms in total. The van der Waals surface area contributed by atoms with E-state index in [1.54, 1.807) is 33.9 Å². The molecule has 3 aromatic rings. The minimum absolute atomic E-state index is 0.00987. The number of aromatic amines is 2. The van der Waals surface area contributed by atoms with Crippen molar-refractivity contribution in [3.63, 3.8) is 0 Å². The second kappa shape index (κ2) is 48.1. The van der Waals surface area contributed by atoms with Crippen molar-refractivity contribution in [2.24, 2.45) is 0 Å². The van der Waals surface area contributed by atoms with Gasteiger partial charge in [-0.2, -0.15) is 0 Å². The highest BCUT2D eigenvalue weighted by Crippen LogP contribution is 2.44. The maximum Gasteiger partial charge on any atom is 0.407 e. The predicted molar refractivity (Wildman–Crippen MR) is 416 cm³/mol. The summed E-state index contributed by atoms with van der Waals surface area (Å²) in [7, 11) is 1.63. The first kappa shape index (κ1) is 91.0. The van der Waals surface area contributed by atoms with E-state index in [0.29, 0.717) is 200 Å². The lowest BCUT2D eigenvalue weighted by molar-refractivity contribution is -0.139. The Balaban J connectivity index is 0.850. The van der Waals surface area contributed by atoms with E-state index in [1.807, 2.05) is 45.9 Å². The van der Waals surface area contributed by atoms with E-state index >= 15 is 4.79 Å². The van der Waals surface area contributed by atoms with E-state index in [-0.39, 0.29) is 109 Å². The Kier molecular flexibility index (Phi) is 39.1. The minimum atomic E-state index is -0.985. The number of allylic oxidation sites excluding steroid dienone is 2. The Hall–Kier alpha value is -8.16. The SMILES string of the molecule is CCC1=C(C)c2cc3[nH]c(cc4nc(c5c6[nH]c(cc1n2)c(C)c6C(=O)N(CCN1CCOCC1)C5=O)[C@@H](CCC(=O)N(C)CCNC(=O)[C@H](C)NC(=O)[C@H](C)NC(=O)CCOCCOCCOCCOCCOCCOCCOCCOCCNC(=O)OC(C)(C)C)[C@@H]4C)c(C)c3/C=C/C(=O)OCCOCCOCCO. The van der Waals surface area contributed by atoms with Crippen LogP contribution in [-0.4, -0.2) is 316 Å². The van der Waals surface area contributed by atoms with Crippen molar-refractivity contribution in [1.29, 1.82) is 0 Å². The van der Waals surface area contributed by atoms with Crippen LogP contribution in [0.2, 0.25) is 0 Å². The lowest BCUT2D eigenvalue weighted by Gasteiger charge is -2.31. The van der Waals surface area contributed by atoms with Crippen LogP contribution in [0.5, 0.6) is 0 Å². The first-order chi connectivity index (χ1) is 53.9. The van der Waals surface area contributed by atoms with Gasteiger partial charge in [-0.25, -0.2) is 14.6 Å². The molecule has 0 spiro atoms.